The minimum atomic E-state index is 0.134. The zero-order valence-corrected chi connectivity index (χ0v) is 9.36. The van der Waals surface area contributed by atoms with Crippen molar-refractivity contribution in [3.8, 4) is 0 Å². The predicted molar refractivity (Wildman–Crippen MR) is 63.0 cm³/mol. The number of benzene rings is 1. The monoisotopic (exact) mass is 206 g/mol. The van der Waals surface area contributed by atoms with E-state index in [2.05, 4.69) is 4.90 Å². The molecule has 15 heavy (non-hydrogen) atoms. The van der Waals surface area contributed by atoms with Gasteiger partial charge < -0.3 is 10.6 Å². The Bertz CT molecular complexity index is 334. The second-order valence-corrected chi connectivity index (χ2v) is 3.92. The molecule has 0 aromatic heterocycles. The summed E-state index contributed by atoms with van der Waals surface area (Å²) in [5, 5.41) is 0. The van der Waals surface area contributed by atoms with Gasteiger partial charge in [-0.1, -0.05) is 12.1 Å². The van der Waals surface area contributed by atoms with Gasteiger partial charge in [-0.05, 0) is 39.2 Å². The summed E-state index contributed by atoms with van der Waals surface area (Å²) < 4.78 is 0. The molecule has 0 spiro atoms. The summed E-state index contributed by atoms with van der Waals surface area (Å²) in [4.78, 5) is 13.8. The highest BCUT2D eigenvalue weighted by Gasteiger charge is 2.08. The number of carbonyl (C=O) groups excluding carboxylic acids is 1. The number of hydrogen-bond donors (Lipinski definition) is 1. The smallest absolute Gasteiger partial charge is 0.164 e. The highest BCUT2D eigenvalue weighted by molar-refractivity contribution is 6.00. The van der Waals surface area contributed by atoms with Crippen LogP contribution in [-0.4, -0.2) is 31.3 Å². The summed E-state index contributed by atoms with van der Waals surface area (Å²) in [6.45, 7) is 0.929. The molecule has 0 atom stereocenters. The molecule has 0 unspecified atom stereocenters. The van der Waals surface area contributed by atoms with Crippen molar-refractivity contribution < 1.29 is 4.79 Å². The van der Waals surface area contributed by atoms with Gasteiger partial charge in [0.1, 0.15) is 0 Å². The van der Waals surface area contributed by atoms with Crippen LogP contribution >= 0.6 is 0 Å². The fourth-order valence-corrected chi connectivity index (χ4v) is 1.44. The Hall–Kier alpha value is -1.35. The molecule has 3 heteroatoms. The van der Waals surface area contributed by atoms with Crippen LogP contribution in [0.25, 0.3) is 0 Å². The van der Waals surface area contributed by atoms with Gasteiger partial charge in [-0.25, -0.2) is 0 Å². The van der Waals surface area contributed by atoms with Crippen LogP contribution < -0.4 is 5.73 Å². The molecule has 0 saturated carbocycles. The Kier molecular flexibility index (Phi) is 4.31. The van der Waals surface area contributed by atoms with Crippen molar-refractivity contribution in [3.63, 3.8) is 0 Å². The molecule has 82 valence electrons. The van der Waals surface area contributed by atoms with Gasteiger partial charge in [-0.2, -0.15) is 0 Å². The largest absolute Gasteiger partial charge is 0.398 e. The highest BCUT2D eigenvalue weighted by Crippen LogP contribution is 2.13. The Morgan fingerprint density at radius 2 is 2.00 bits per heavy atom. The van der Waals surface area contributed by atoms with Gasteiger partial charge in [0.25, 0.3) is 0 Å². The van der Waals surface area contributed by atoms with Gasteiger partial charge in [-0.3, -0.25) is 4.79 Å². The van der Waals surface area contributed by atoms with Gasteiger partial charge in [0, 0.05) is 17.7 Å². The van der Waals surface area contributed by atoms with Crippen LogP contribution in [0, 0.1) is 0 Å². The zero-order valence-electron chi connectivity index (χ0n) is 9.36. The summed E-state index contributed by atoms with van der Waals surface area (Å²) in [5.74, 6) is 0.134. The molecule has 0 heterocycles. The summed E-state index contributed by atoms with van der Waals surface area (Å²) >= 11 is 0. The number of carbonyl (C=O) groups is 1. The second kappa shape index (κ2) is 5.51. The maximum Gasteiger partial charge on any atom is 0.164 e. The lowest BCUT2D eigenvalue weighted by atomic mass is 10.0. The first-order valence-corrected chi connectivity index (χ1v) is 5.13. The average molecular weight is 206 g/mol. The third-order valence-corrected chi connectivity index (χ3v) is 2.27. The molecule has 0 radical (unpaired) electrons. The Labute approximate surface area is 90.9 Å². The molecular formula is C12H18N2O. The Balaban J connectivity index is 2.51. The van der Waals surface area contributed by atoms with E-state index in [-0.39, 0.29) is 5.78 Å². The van der Waals surface area contributed by atoms with E-state index < -0.39 is 0 Å². The standard InChI is InChI=1S/C12H18N2O/c1-14(2)9-5-8-12(15)10-6-3-4-7-11(10)13/h3-4,6-7H,5,8-9,13H2,1-2H3. The first-order valence-electron chi connectivity index (χ1n) is 5.13. The molecule has 1 aromatic carbocycles. The lowest BCUT2D eigenvalue weighted by Gasteiger charge is -2.09. The minimum Gasteiger partial charge on any atom is -0.398 e. The van der Waals surface area contributed by atoms with Crippen molar-refractivity contribution >= 4 is 11.5 Å². The van der Waals surface area contributed by atoms with E-state index in [4.69, 9.17) is 5.73 Å². The average Bonchev–Trinajstić information content (AvgIpc) is 2.17. The number of ketones is 1. The summed E-state index contributed by atoms with van der Waals surface area (Å²) in [6, 6.07) is 7.23. The van der Waals surface area contributed by atoms with E-state index in [1.54, 1.807) is 12.1 Å². The van der Waals surface area contributed by atoms with Crippen LogP contribution in [0.5, 0.6) is 0 Å². The molecule has 0 amide bonds. The number of nitrogens with zero attached hydrogens (tertiary/aromatic N) is 1. The maximum absolute atomic E-state index is 11.7. The van der Waals surface area contributed by atoms with E-state index in [1.165, 1.54) is 0 Å². The molecule has 1 aromatic rings. The van der Waals surface area contributed by atoms with Gasteiger partial charge in [-0.15, -0.1) is 0 Å². The normalized spacial score (nSPS) is 10.6. The lowest BCUT2D eigenvalue weighted by molar-refractivity contribution is 0.0978. The van der Waals surface area contributed by atoms with Gasteiger partial charge >= 0.3 is 0 Å². The summed E-state index contributed by atoms with van der Waals surface area (Å²) in [5.41, 5.74) is 6.95. The maximum atomic E-state index is 11.7. The number of rotatable bonds is 5. The van der Waals surface area contributed by atoms with E-state index in [0.29, 0.717) is 17.7 Å². The van der Waals surface area contributed by atoms with Crippen molar-refractivity contribution in [2.45, 2.75) is 12.8 Å². The van der Waals surface area contributed by atoms with Crippen LogP contribution in [0.4, 0.5) is 5.69 Å². The van der Waals surface area contributed by atoms with Gasteiger partial charge in [0.15, 0.2) is 5.78 Å². The minimum absolute atomic E-state index is 0.134. The second-order valence-electron chi connectivity index (χ2n) is 3.92. The van der Waals surface area contributed by atoms with Crippen molar-refractivity contribution in [1.29, 1.82) is 0 Å². The zero-order chi connectivity index (χ0) is 11.3. The first kappa shape index (κ1) is 11.7. The van der Waals surface area contributed by atoms with Crippen molar-refractivity contribution in [2.24, 2.45) is 0 Å². The number of hydrogen-bond acceptors (Lipinski definition) is 3. The predicted octanol–water partition coefficient (Wildman–Crippen LogP) is 1.79. The Morgan fingerprint density at radius 3 is 2.60 bits per heavy atom. The van der Waals surface area contributed by atoms with Crippen molar-refractivity contribution in [3.05, 3.63) is 29.8 Å². The Morgan fingerprint density at radius 1 is 1.33 bits per heavy atom. The van der Waals surface area contributed by atoms with Gasteiger partial charge in [0.05, 0.1) is 0 Å². The highest BCUT2D eigenvalue weighted by atomic mass is 16.1. The fourth-order valence-electron chi connectivity index (χ4n) is 1.44. The topological polar surface area (TPSA) is 46.3 Å². The number of nitrogens with two attached hydrogens (primary N) is 1. The van der Waals surface area contributed by atoms with Crippen LogP contribution in [-0.2, 0) is 0 Å². The van der Waals surface area contributed by atoms with Gasteiger partial charge in [0.2, 0.25) is 0 Å². The number of Topliss-reactive ketones (excluding diaryl/α,β-unsaturated/α-hetero) is 1. The van der Waals surface area contributed by atoms with Crippen LogP contribution in [0.2, 0.25) is 0 Å². The fraction of sp³-hybridized carbons (Fsp3) is 0.417. The van der Waals surface area contributed by atoms with E-state index >= 15 is 0 Å². The quantitative estimate of drug-likeness (QED) is 0.590. The molecule has 1 rings (SSSR count). The number of nitrogen functional groups attached to an aromatic ring is 1. The van der Waals surface area contributed by atoms with Crippen LogP contribution in [0.15, 0.2) is 24.3 Å². The lowest BCUT2D eigenvalue weighted by Crippen LogP contribution is -2.14. The van der Waals surface area contributed by atoms with Crippen molar-refractivity contribution in [2.75, 3.05) is 26.4 Å². The molecule has 0 aliphatic carbocycles. The molecular weight excluding hydrogens is 188 g/mol. The van der Waals surface area contributed by atoms with Crippen LogP contribution in [0.3, 0.4) is 0 Å². The molecule has 0 aliphatic rings. The third-order valence-electron chi connectivity index (χ3n) is 2.27. The molecule has 0 fully saturated rings. The molecule has 0 aliphatic heterocycles. The molecule has 2 N–H and O–H groups in total. The van der Waals surface area contributed by atoms with E-state index in [9.17, 15) is 4.79 Å². The van der Waals surface area contributed by atoms with E-state index in [0.717, 1.165) is 13.0 Å². The molecule has 0 saturated heterocycles. The molecule has 3 nitrogen and oxygen atoms in total. The third kappa shape index (κ3) is 3.72. The SMILES string of the molecule is CN(C)CCCC(=O)c1ccccc1N. The number of para-hydroxylation sites is 1. The number of anilines is 1. The van der Waals surface area contributed by atoms with E-state index in [1.807, 2.05) is 26.2 Å². The molecule has 0 bridgehead atoms. The first-order chi connectivity index (χ1) is 7.11. The summed E-state index contributed by atoms with van der Waals surface area (Å²) in [7, 11) is 4.00. The van der Waals surface area contributed by atoms with Crippen LogP contribution in [0.1, 0.15) is 23.2 Å². The summed E-state index contributed by atoms with van der Waals surface area (Å²) in [6.07, 6.45) is 1.44. The van der Waals surface area contributed by atoms with Crippen molar-refractivity contribution in [1.82, 2.24) is 4.90 Å².